The molecule has 2 fully saturated rings. The maximum Gasteiger partial charge on any atom is 0.0701 e. The van der Waals surface area contributed by atoms with E-state index in [0.29, 0.717) is 17.9 Å². The Morgan fingerprint density at radius 3 is 2.79 bits per heavy atom. The van der Waals surface area contributed by atoms with E-state index < -0.39 is 0 Å². The minimum absolute atomic E-state index is 0.176. The van der Waals surface area contributed by atoms with Gasteiger partial charge in [0.2, 0.25) is 0 Å². The molecule has 0 aromatic rings. The van der Waals surface area contributed by atoms with Gasteiger partial charge in [-0.15, -0.1) is 0 Å². The Balaban J connectivity index is 1.98. The van der Waals surface area contributed by atoms with Gasteiger partial charge >= 0.3 is 0 Å². The Morgan fingerprint density at radius 2 is 2.16 bits per heavy atom. The number of nitrogens with two attached hydrogens (primary N) is 1. The standard InChI is InChI=1S/C15H30N2OS/c1-3-4-12(2)14(17-16)13-5-8-18-15(11-13)6-9-19-10-7-15/h12-14,17H,3-11,16H2,1-2H3. The van der Waals surface area contributed by atoms with Crippen LogP contribution in [-0.4, -0.2) is 29.8 Å². The molecule has 0 amide bonds. The molecule has 2 saturated heterocycles. The van der Waals surface area contributed by atoms with Gasteiger partial charge in [0, 0.05) is 12.6 Å². The van der Waals surface area contributed by atoms with E-state index in [1.165, 1.54) is 43.6 Å². The van der Waals surface area contributed by atoms with Crippen molar-refractivity contribution in [1.82, 2.24) is 5.43 Å². The van der Waals surface area contributed by atoms with Crippen LogP contribution >= 0.6 is 11.8 Å². The average molecular weight is 286 g/mol. The minimum Gasteiger partial charge on any atom is -0.375 e. The van der Waals surface area contributed by atoms with Gasteiger partial charge in [0.25, 0.3) is 0 Å². The molecule has 2 aliphatic rings. The van der Waals surface area contributed by atoms with Crippen molar-refractivity contribution in [1.29, 1.82) is 0 Å². The van der Waals surface area contributed by atoms with Gasteiger partial charge in [0.15, 0.2) is 0 Å². The minimum atomic E-state index is 0.176. The van der Waals surface area contributed by atoms with E-state index in [2.05, 4.69) is 31.0 Å². The van der Waals surface area contributed by atoms with Crippen LogP contribution in [0.5, 0.6) is 0 Å². The fourth-order valence-corrected chi connectivity index (χ4v) is 5.10. The second-order valence-corrected chi connectivity index (χ2v) is 7.58. The molecule has 4 heteroatoms. The van der Waals surface area contributed by atoms with Crippen molar-refractivity contribution in [3.63, 3.8) is 0 Å². The number of nitrogens with one attached hydrogen (secondary N) is 1. The van der Waals surface area contributed by atoms with Crippen molar-refractivity contribution in [2.75, 3.05) is 18.1 Å². The lowest BCUT2D eigenvalue weighted by molar-refractivity contribution is -0.109. The second-order valence-electron chi connectivity index (χ2n) is 6.36. The maximum atomic E-state index is 6.19. The molecule has 2 heterocycles. The largest absolute Gasteiger partial charge is 0.375 e. The van der Waals surface area contributed by atoms with Crippen molar-refractivity contribution in [3.8, 4) is 0 Å². The molecule has 0 aliphatic carbocycles. The molecule has 2 rings (SSSR count). The summed E-state index contributed by atoms with van der Waals surface area (Å²) in [5.41, 5.74) is 3.29. The van der Waals surface area contributed by atoms with Crippen LogP contribution in [0.25, 0.3) is 0 Å². The Kier molecular flexibility index (Phi) is 6.00. The topological polar surface area (TPSA) is 47.3 Å². The van der Waals surface area contributed by atoms with Crippen molar-refractivity contribution in [3.05, 3.63) is 0 Å². The molecular weight excluding hydrogens is 256 g/mol. The molecule has 112 valence electrons. The van der Waals surface area contributed by atoms with E-state index in [-0.39, 0.29) is 5.60 Å². The summed E-state index contributed by atoms with van der Waals surface area (Å²) in [5.74, 6) is 9.73. The second kappa shape index (κ2) is 7.30. The summed E-state index contributed by atoms with van der Waals surface area (Å²) in [6.07, 6.45) is 7.33. The van der Waals surface area contributed by atoms with Crippen molar-refractivity contribution >= 4 is 11.8 Å². The van der Waals surface area contributed by atoms with Gasteiger partial charge < -0.3 is 4.74 Å². The molecule has 1 spiro atoms. The lowest BCUT2D eigenvalue weighted by Gasteiger charge is -2.46. The fourth-order valence-electron chi connectivity index (χ4n) is 3.86. The summed E-state index contributed by atoms with van der Waals surface area (Å²) in [6.45, 7) is 5.52. The predicted octanol–water partition coefficient (Wildman–Crippen LogP) is 2.95. The Bertz CT molecular complexity index is 263. The summed E-state index contributed by atoms with van der Waals surface area (Å²) in [6, 6.07) is 0.454. The summed E-state index contributed by atoms with van der Waals surface area (Å²) in [7, 11) is 0. The molecule has 0 radical (unpaired) electrons. The average Bonchev–Trinajstić information content (AvgIpc) is 2.41. The van der Waals surface area contributed by atoms with E-state index in [0.717, 1.165) is 13.0 Å². The number of ether oxygens (including phenoxy) is 1. The molecular formula is C15H30N2OS. The summed E-state index contributed by atoms with van der Waals surface area (Å²) >= 11 is 2.07. The zero-order valence-corrected chi connectivity index (χ0v) is 13.3. The predicted molar refractivity (Wildman–Crippen MR) is 83.1 cm³/mol. The molecule has 3 atom stereocenters. The van der Waals surface area contributed by atoms with Crippen LogP contribution in [0.2, 0.25) is 0 Å². The van der Waals surface area contributed by atoms with Crippen LogP contribution in [-0.2, 0) is 4.74 Å². The molecule has 0 saturated carbocycles. The van der Waals surface area contributed by atoms with E-state index >= 15 is 0 Å². The summed E-state index contributed by atoms with van der Waals surface area (Å²) < 4.78 is 6.19. The van der Waals surface area contributed by atoms with Crippen LogP contribution in [0.4, 0.5) is 0 Å². The van der Waals surface area contributed by atoms with Crippen LogP contribution in [0.3, 0.4) is 0 Å². The van der Waals surface area contributed by atoms with Gasteiger partial charge in [0.05, 0.1) is 5.60 Å². The maximum absolute atomic E-state index is 6.19. The molecule has 3 unspecified atom stereocenters. The van der Waals surface area contributed by atoms with E-state index in [1.807, 2.05) is 0 Å². The van der Waals surface area contributed by atoms with Crippen LogP contribution in [0.15, 0.2) is 0 Å². The molecule has 0 aromatic carbocycles. The van der Waals surface area contributed by atoms with E-state index in [1.54, 1.807) is 0 Å². The molecule has 0 bridgehead atoms. The smallest absolute Gasteiger partial charge is 0.0701 e. The Labute approximate surface area is 122 Å². The molecule has 2 aliphatic heterocycles. The third kappa shape index (κ3) is 3.87. The highest BCUT2D eigenvalue weighted by molar-refractivity contribution is 7.99. The lowest BCUT2D eigenvalue weighted by Crippen LogP contribution is -2.52. The Hall–Kier alpha value is 0.230. The Morgan fingerprint density at radius 1 is 1.42 bits per heavy atom. The third-order valence-electron chi connectivity index (χ3n) is 4.99. The van der Waals surface area contributed by atoms with Gasteiger partial charge in [-0.2, -0.15) is 11.8 Å². The monoisotopic (exact) mass is 286 g/mol. The van der Waals surface area contributed by atoms with E-state index in [9.17, 15) is 0 Å². The van der Waals surface area contributed by atoms with Crippen LogP contribution in [0.1, 0.15) is 52.4 Å². The first-order chi connectivity index (χ1) is 9.21. The SMILES string of the molecule is CCCC(C)C(NN)C1CCOC2(CCSCC2)C1. The third-order valence-corrected chi connectivity index (χ3v) is 5.98. The lowest BCUT2D eigenvalue weighted by atomic mass is 9.75. The molecule has 19 heavy (non-hydrogen) atoms. The number of rotatable bonds is 5. The van der Waals surface area contributed by atoms with Crippen molar-refractivity contribution < 1.29 is 4.74 Å². The molecule has 3 nitrogen and oxygen atoms in total. The van der Waals surface area contributed by atoms with Gasteiger partial charge in [-0.1, -0.05) is 20.3 Å². The number of hydrazine groups is 1. The van der Waals surface area contributed by atoms with Gasteiger partial charge in [-0.3, -0.25) is 11.3 Å². The summed E-state index contributed by atoms with van der Waals surface area (Å²) in [4.78, 5) is 0. The zero-order chi connectivity index (χ0) is 13.7. The summed E-state index contributed by atoms with van der Waals surface area (Å²) in [5, 5.41) is 0. The van der Waals surface area contributed by atoms with Crippen molar-refractivity contribution in [2.45, 2.75) is 64.0 Å². The highest BCUT2D eigenvalue weighted by Crippen LogP contribution is 2.41. The first-order valence-electron chi connectivity index (χ1n) is 7.88. The zero-order valence-electron chi connectivity index (χ0n) is 12.5. The van der Waals surface area contributed by atoms with Gasteiger partial charge in [-0.05, 0) is 55.4 Å². The highest BCUT2D eigenvalue weighted by atomic mass is 32.2. The quantitative estimate of drug-likeness (QED) is 0.602. The van der Waals surface area contributed by atoms with Crippen molar-refractivity contribution in [2.24, 2.45) is 17.7 Å². The number of hydrogen-bond acceptors (Lipinski definition) is 4. The van der Waals surface area contributed by atoms with Gasteiger partial charge in [0.1, 0.15) is 0 Å². The first-order valence-corrected chi connectivity index (χ1v) is 9.04. The first kappa shape index (κ1) is 15.6. The molecule has 0 aromatic heterocycles. The van der Waals surface area contributed by atoms with Crippen LogP contribution in [0, 0.1) is 11.8 Å². The normalized spacial score (nSPS) is 30.2. The number of thioether (sulfide) groups is 1. The van der Waals surface area contributed by atoms with E-state index in [4.69, 9.17) is 10.6 Å². The fraction of sp³-hybridized carbons (Fsp3) is 1.00. The van der Waals surface area contributed by atoms with Gasteiger partial charge in [-0.25, -0.2) is 0 Å². The van der Waals surface area contributed by atoms with Crippen LogP contribution < -0.4 is 11.3 Å². The number of hydrogen-bond donors (Lipinski definition) is 2. The molecule has 3 N–H and O–H groups in total. The highest BCUT2D eigenvalue weighted by Gasteiger charge is 2.41.